The molecule has 4 nitrogen and oxygen atoms in total. The highest BCUT2D eigenvalue weighted by Gasteiger charge is 2.14. The molecule has 2 N–H and O–H groups in total. The Balaban J connectivity index is 2.63. The number of nitrogens with one attached hydrogen (secondary N) is 1. The number of hydrogen-bond donors (Lipinski definition) is 2. The number of hydrogen-bond acceptors (Lipinski definition) is 3. The Morgan fingerprint density at radius 3 is 2.67 bits per heavy atom. The molecule has 0 atom stereocenters. The molecule has 0 aliphatic rings. The summed E-state index contributed by atoms with van der Waals surface area (Å²) < 4.78 is 0. The second-order valence-electron chi connectivity index (χ2n) is 4.31. The molecule has 1 heterocycles. The normalized spacial score (nSPS) is 10.9. The first kappa shape index (κ1) is 12.6. The van der Waals surface area contributed by atoms with Crippen molar-refractivity contribution in [2.24, 2.45) is 0 Å². The van der Waals surface area contributed by atoms with Gasteiger partial charge in [-0.15, -0.1) is 0 Å². The SMILES string of the molecule is CC(C)c1nc(O)c(-c2cccc(Cl)c2)c(=O)[nH]1. The van der Waals surface area contributed by atoms with Gasteiger partial charge >= 0.3 is 0 Å². The van der Waals surface area contributed by atoms with Gasteiger partial charge in [0.15, 0.2) is 0 Å². The maximum Gasteiger partial charge on any atom is 0.262 e. The third-order valence-electron chi connectivity index (χ3n) is 2.58. The second-order valence-corrected chi connectivity index (χ2v) is 4.75. The molecule has 0 saturated heterocycles. The fourth-order valence-corrected chi connectivity index (χ4v) is 1.85. The number of aromatic amines is 1. The lowest BCUT2D eigenvalue weighted by atomic mass is 10.1. The lowest BCUT2D eigenvalue weighted by molar-refractivity contribution is 0.448. The maximum atomic E-state index is 12.0. The summed E-state index contributed by atoms with van der Waals surface area (Å²) in [7, 11) is 0. The summed E-state index contributed by atoms with van der Waals surface area (Å²) in [6.45, 7) is 3.77. The molecule has 2 rings (SSSR count). The molecule has 94 valence electrons. The van der Waals surface area contributed by atoms with Crippen LogP contribution in [0.5, 0.6) is 5.88 Å². The van der Waals surface area contributed by atoms with E-state index >= 15 is 0 Å². The van der Waals surface area contributed by atoms with Crippen molar-refractivity contribution in [2.75, 3.05) is 0 Å². The molecular formula is C13H13ClN2O2. The molecule has 2 aromatic rings. The second kappa shape index (κ2) is 4.82. The van der Waals surface area contributed by atoms with Gasteiger partial charge in [0, 0.05) is 10.9 Å². The zero-order valence-corrected chi connectivity index (χ0v) is 10.8. The molecule has 1 aromatic heterocycles. The van der Waals surface area contributed by atoms with Crippen LogP contribution in [-0.4, -0.2) is 15.1 Å². The number of H-pyrrole nitrogens is 1. The van der Waals surface area contributed by atoms with Crippen LogP contribution in [0.15, 0.2) is 29.1 Å². The summed E-state index contributed by atoms with van der Waals surface area (Å²) in [6.07, 6.45) is 0. The summed E-state index contributed by atoms with van der Waals surface area (Å²) in [5.74, 6) is 0.227. The van der Waals surface area contributed by atoms with E-state index in [4.69, 9.17) is 11.6 Å². The standard InChI is InChI=1S/C13H13ClN2O2/c1-7(2)11-15-12(17)10(13(18)16-11)8-4-3-5-9(14)6-8/h3-7H,1-2H3,(H2,15,16,17,18). The van der Waals surface area contributed by atoms with Gasteiger partial charge in [0.1, 0.15) is 11.4 Å². The summed E-state index contributed by atoms with van der Waals surface area (Å²) in [5, 5.41) is 10.4. The van der Waals surface area contributed by atoms with Crippen LogP contribution in [0.4, 0.5) is 0 Å². The molecule has 0 saturated carbocycles. The van der Waals surface area contributed by atoms with Crippen molar-refractivity contribution in [3.05, 3.63) is 45.5 Å². The van der Waals surface area contributed by atoms with Gasteiger partial charge in [0.2, 0.25) is 5.88 Å². The molecule has 5 heteroatoms. The minimum absolute atomic E-state index is 0.0389. The third-order valence-corrected chi connectivity index (χ3v) is 2.81. The Morgan fingerprint density at radius 1 is 1.39 bits per heavy atom. The predicted octanol–water partition coefficient (Wildman–Crippen LogP) is 2.92. The van der Waals surface area contributed by atoms with E-state index in [1.54, 1.807) is 24.3 Å². The van der Waals surface area contributed by atoms with E-state index in [0.29, 0.717) is 16.4 Å². The molecule has 18 heavy (non-hydrogen) atoms. The van der Waals surface area contributed by atoms with Crippen molar-refractivity contribution in [1.29, 1.82) is 0 Å². The number of rotatable bonds is 2. The monoisotopic (exact) mass is 264 g/mol. The molecule has 0 unspecified atom stereocenters. The Kier molecular flexibility index (Phi) is 3.39. The zero-order valence-electron chi connectivity index (χ0n) is 10.1. The van der Waals surface area contributed by atoms with Gasteiger partial charge in [-0.05, 0) is 17.7 Å². The van der Waals surface area contributed by atoms with E-state index in [1.807, 2.05) is 13.8 Å². The van der Waals surface area contributed by atoms with Gasteiger partial charge in [-0.1, -0.05) is 37.6 Å². The molecule has 1 aromatic carbocycles. The topological polar surface area (TPSA) is 66.0 Å². The van der Waals surface area contributed by atoms with Gasteiger partial charge in [-0.3, -0.25) is 4.79 Å². The minimum atomic E-state index is -0.367. The average Bonchev–Trinajstić information content (AvgIpc) is 2.27. The number of benzene rings is 1. The molecule has 0 fully saturated rings. The van der Waals surface area contributed by atoms with Gasteiger partial charge in [-0.2, -0.15) is 4.98 Å². The van der Waals surface area contributed by atoms with Crippen LogP contribution < -0.4 is 5.56 Å². The lowest BCUT2D eigenvalue weighted by Gasteiger charge is -2.08. The van der Waals surface area contributed by atoms with Crippen molar-refractivity contribution < 1.29 is 5.11 Å². The van der Waals surface area contributed by atoms with Gasteiger partial charge in [0.05, 0.1) is 0 Å². The minimum Gasteiger partial charge on any atom is -0.493 e. The van der Waals surface area contributed by atoms with Crippen LogP contribution in [0, 0.1) is 0 Å². The number of nitrogens with zero attached hydrogens (tertiary/aromatic N) is 1. The highest BCUT2D eigenvalue weighted by Crippen LogP contribution is 2.26. The van der Waals surface area contributed by atoms with Crippen LogP contribution in [0.3, 0.4) is 0 Å². The van der Waals surface area contributed by atoms with Crippen molar-refractivity contribution in [1.82, 2.24) is 9.97 Å². The van der Waals surface area contributed by atoms with E-state index in [2.05, 4.69) is 9.97 Å². The molecule has 0 aliphatic carbocycles. The van der Waals surface area contributed by atoms with Gasteiger partial charge in [0.25, 0.3) is 5.56 Å². The van der Waals surface area contributed by atoms with Crippen LogP contribution in [0.25, 0.3) is 11.1 Å². The molecule has 0 bridgehead atoms. The highest BCUT2D eigenvalue weighted by molar-refractivity contribution is 6.30. The van der Waals surface area contributed by atoms with Gasteiger partial charge < -0.3 is 10.1 Å². The Bertz CT molecular complexity index is 635. The third kappa shape index (κ3) is 2.38. The predicted molar refractivity (Wildman–Crippen MR) is 71.1 cm³/mol. The van der Waals surface area contributed by atoms with Crippen LogP contribution >= 0.6 is 11.6 Å². The smallest absolute Gasteiger partial charge is 0.262 e. The van der Waals surface area contributed by atoms with E-state index < -0.39 is 0 Å². The van der Waals surface area contributed by atoms with Crippen LogP contribution in [-0.2, 0) is 0 Å². The highest BCUT2D eigenvalue weighted by atomic mass is 35.5. The molecular weight excluding hydrogens is 252 g/mol. The van der Waals surface area contributed by atoms with Crippen molar-refractivity contribution in [3.8, 4) is 17.0 Å². The average molecular weight is 265 g/mol. The number of halogens is 1. The fraction of sp³-hybridized carbons (Fsp3) is 0.231. The van der Waals surface area contributed by atoms with E-state index in [1.165, 1.54) is 0 Å². The maximum absolute atomic E-state index is 12.0. The molecule has 0 spiro atoms. The Hall–Kier alpha value is -1.81. The number of aromatic nitrogens is 2. The zero-order chi connectivity index (χ0) is 13.3. The van der Waals surface area contributed by atoms with Crippen LogP contribution in [0.1, 0.15) is 25.6 Å². The lowest BCUT2D eigenvalue weighted by Crippen LogP contribution is -2.14. The summed E-state index contributed by atoms with van der Waals surface area (Å²) >= 11 is 5.87. The molecule has 0 amide bonds. The summed E-state index contributed by atoms with van der Waals surface area (Å²) in [5.41, 5.74) is 0.319. The van der Waals surface area contributed by atoms with Crippen molar-refractivity contribution in [3.63, 3.8) is 0 Å². The van der Waals surface area contributed by atoms with E-state index in [9.17, 15) is 9.90 Å². The summed E-state index contributed by atoms with van der Waals surface area (Å²) in [4.78, 5) is 18.6. The van der Waals surface area contributed by atoms with E-state index in [0.717, 1.165) is 0 Å². The Morgan fingerprint density at radius 2 is 2.11 bits per heavy atom. The molecule has 0 radical (unpaired) electrons. The Labute approximate surface area is 109 Å². The quantitative estimate of drug-likeness (QED) is 0.876. The first-order valence-corrected chi connectivity index (χ1v) is 5.96. The van der Waals surface area contributed by atoms with Gasteiger partial charge in [-0.25, -0.2) is 0 Å². The largest absolute Gasteiger partial charge is 0.493 e. The number of aromatic hydroxyl groups is 1. The first-order valence-electron chi connectivity index (χ1n) is 5.58. The van der Waals surface area contributed by atoms with Crippen molar-refractivity contribution in [2.45, 2.75) is 19.8 Å². The van der Waals surface area contributed by atoms with Crippen molar-refractivity contribution >= 4 is 11.6 Å². The first-order chi connectivity index (χ1) is 8.49. The summed E-state index contributed by atoms with van der Waals surface area (Å²) in [6, 6.07) is 6.73. The molecule has 0 aliphatic heterocycles. The fourth-order valence-electron chi connectivity index (χ4n) is 1.66. The van der Waals surface area contributed by atoms with Crippen LogP contribution in [0.2, 0.25) is 5.02 Å². The van der Waals surface area contributed by atoms with E-state index in [-0.39, 0.29) is 22.9 Å².